The maximum absolute atomic E-state index is 10.7. The van der Waals surface area contributed by atoms with Crippen LogP contribution < -0.4 is 16.8 Å². The molecule has 1 aromatic rings. The molecule has 1 fully saturated rings. The molecule has 0 amide bonds. The molecule has 1 aliphatic heterocycles. The third-order valence-electron chi connectivity index (χ3n) is 3.55. The van der Waals surface area contributed by atoms with E-state index in [9.17, 15) is 14.4 Å². The predicted molar refractivity (Wildman–Crippen MR) is 107 cm³/mol. The summed E-state index contributed by atoms with van der Waals surface area (Å²) in [5.74, 6) is -2.05. The van der Waals surface area contributed by atoms with Crippen LogP contribution in [0.5, 0.6) is 0 Å². The average molecular weight is 420 g/mol. The number of ether oxygens (including phenoxy) is 1. The molecular weight excluding hydrogens is 390 g/mol. The second-order valence-electron chi connectivity index (χ2n) is 5.93. The molecule has 0 unspecified atom stereocenters. The van der Waals surface area contributed by atoms with Gasteiger partial charge in [-0.15, -0.1) is 12.4 Å². The molecule has 28 heavy (non-hydrogen) atoms. The zero-order chi connectivity index (χ0) is 20.8. The highest BCUT2D eigenvalue weighted by molar-refractivity contribution is 5.85. The number of hydrogen-bond donors (Lipinski definition) is 5. The molecule has 1 heterocycles. The summed E-state index contributed by atoms with van der Waals surface area (Å²) >= 11 is 0. The first-order valence-electron chi connectivity index (χ1n) is 8.50. The summed E-state index contributed by atoms with van der Waals surface area (Å²) in [5.41, 5.74) is 11.1. The first-order valence-corrected chi connectivity index (χ1v) is 8.50. The molecule has 0 bridgehead atoms. The lowest BCUT2D eigenvalue weighted by Crippen LogP contribution is -2.32. The summed E-state index contributed by atoms with van der Waals surface area (Å²) in [7, 11) is 1.42. The molecule has 0 aliphatic carbocycles. The van der Waals surface area contributed by atoms with Gasteiger partial charge in [-0.2, -0.15) is 0 Å². The minimum absolute atomic E-state index is 0. The zero-order valence-corrected chi connectivity index (χ0v) is 16.9. The Morgan fingerprint density at radius 2 is 1.71 bits per heavy atom. The van der Waals surface area contributed by atoms with Gasteiger partial charge in [0, 0.05) is 0 Å². The van der Waals surface area contributed by atoms with Gasteiger partial charge in [-0.1, -0.05) is 30.3 Å². The molecule has 10 heteroatoms. The third-order valence-corrected chi connectivity index (χ3v) is 3.55. The molecule has 1 aliphatic rings. The van der Waals surface area contributed by atoms with Gasteiger partial charge in [-0.3, -0.25) is 14.4 Å². The Hall–Kier alpha value is -2.20. The van der Waals surface area contributed by atoms with Gasteiger partial charge in [0.2, 0.25) is 0 Å². The Balaban J connectivity index is 0. The number of aliphatic carboxylic acids is 2. The van der Waals surface area contributed by atoms with E-state index in [0.29, 0.717) is 6.42 Å². The highest BCUT2D eigenvalue weighted by Crippen LogP contribution is 2.05. The fourth-order valence-corrected chi connectivity index (χ4v) is 1.98. The van der Waals surface area contributed by atoms with Crippen LogP contribution in [0.25, 0.3) is 0 Å². The molecule has 3 atom stereocenters. The molecule has 0 saturated carbocycles. The van der Waals surface area contributed by atoms with Crippen LogP contribution in [0, 0.1) is 0 Å². The van der Waals surface area contributed by atoms with E-state index in [1.807, 2.05) is 30.3 Å². The van der Waals surface area contributed by atoms with Crippen molar-refractivity contribution in [3.63, 3.8) is 0 Å². The highest BCUT2D eigenvalue weighted by atomic mass is 35.5. The number of nitrogens with one attached hydrogen (secondary N) is 1. The van der Waals surface area contributed by atoms with E-state index < -0.39 is 24.0 Å². The molecule has 0 spiro atoms. The van der Waals surface area contributed by atoms with Crippen LogP contribution in [0.4, 0.5) is 0 Å². The van der Waals surface area contributed by atoms with Crippen molar-refractivity contribution in [1.29, 1.82) is 0 Å². The SMILES string of the molecule is COC(=O)[C@@H]1CCCN1.C[C@H](N)C(=O)O.Cl.N[C@@H](Cc1ccccc1)C(=O)O. The van der Waals surface area contributed by atoms with Crippen LogP contribution in [0.1, 0.15) is 25.3 Å². The number of halogens is 1. The number of carbonyl (C=O) groups excluding carboxylic acids is 1. The van der Waals surface area contributed by atoms with Crippen molar-refractivity contribution in [2.75, 3.05) is 13.7 Å². The van der Waals surface area contributed by atoms with E-state index in [4.69, 9.17) is 21.7 Å². The first kappa shape index (κ1) is 28.0. The van der Waals surface area contributed by atoms with Crippen LogP contribution in [0.15, 0.2) is 30.3 Å². The van der Waals surface area contributed by atoms with Crippen molar-refractivity contribution >= 4 is 30.3 Å². The number of methoxy groups -OCH3 is 1. The van der Waals surface area contributed by atoms with Crippen LogP contribution in [0.3, 0.4) is 0 Å². The summed E-state index contributed by atoms with van der Waals surface area (Å²) in [5, 5.41) is 19.4. The minimum atomic E-state index is -0.963. The molecule has 2 rings (SSSR count). The molecule has 1 aromatic carbocycles. The molecule has 7 N–H and O–H groups in total. The topological polar surface area (TPSA) is 165 Å². The molecule has 1 saturated heterocycles. The lowest BCUT2D eigenvalue weighted by atomic mass is 10.1. The Kier molecular flexibility index (Phi) is 15.8. The molecule has 0 aromatic heterocycles. The number of hydrogen-bond acceptors (Lipinski definition) is 7. The van der Waals surface area contributed by atoms with Crippen molar-refractivity contribution in [3.8, 4) is 0 Å². The molecule has 160 valence electrons. The van der Waals surface area contributed by atoms with Gasteiger partial charge < -0.3 is 31.7 Å². The summed E-state index contributed by atoms with van der Waals surface area (Å²) in [6.45, 7) is 2.36. The van der Waals surface area contributed by atoms with E-state index in [1.165, 1.54) is 14.0 Å². The van der Waals surface area contributed by atoms with E-state index in [-0.39, 0.29) is 24.4 Å². The van der Waals surface area contributed by atoms with E-state index >= 15 is 0 Å². The Morgan fingerprint density at radius 3 is 2.07 bits per heavy atom. The lowest BCUT2D eigenvalue weighted by Gasteiger charge is -2.04. The molecule has 9 nitrogen and oxygen atoms in total. The zero-order valence-electron chi connectivity index (χ0n) is 16.0. The first-order chi connectivity index (χ1) is 12.7. The fourth-order valence-electron chi connectivity index (χ4n) is 1.98. The Labute approximate surface area is 170 Å². The number of carboxylic acids is 2. The van der Waals surface area contributed by atoms with E-state index in [0.717, 1.165) is 24.9 Å². The number of benzene rings is 1. The van der Waals surface area contributed by atoms with Crippen LogP contribution >= 0.6 is 12.4 Å². The van der Waals surface area contributed by atoms with Crippen molar-refractivity contribution in [2.24, 2.45) is 11.5 Å². The van der Waals surface area contributed by atoms with Crippen LogP contribution in [-0.2, 0) is 25.5 Å². The summed E-state index contributed by atoms with van der Waals surface area (Å²) in [4.78, 5) is 30.7. The normalized spacial score (nSPS) is 16.6. The standard InChI is InChI=1S/C9H11NO2.C6H11NO2.C3H7NO2.ClH/c10-8(9(11)12)6-7-4-2-1-3-5-7;1-9-6(8)5-3-2-4-7-5;1-2(4)3(5)6;/h1-5,8H,6,10H2,(H,11,12);5,7H,2-4H2,1H3;2H,4H2,1H3,(H,5,6);1H/t8-;5-;2-;/m000./s1. The molecule has 0 radical (unpaired) electrons. The van der Waals surface area contributed by atoms with E-state index in [2.05, 4.69) is 10.1 Å². The second-order valence-corrected chi connectivity index (χ2v) is 5.93. The average Bonchev–Trinajstić information content (AvgIpc) is 3.17. The van der Waals surface area contributed by atoms with Gasteiger partial charge in [0.15, 0.2) is 0 Å². The van der Waals surface area contributed by atoms with Crippen molar-refractivity contribution in [2.45, 2.75) is 44.3 Å². The van der Waals surface area contributed by atoms with Gasteiger partial charge in [0.1, 0.15) is 18.1 Å². The predicted octanol–water partition coefficient (Wildman–Crippen LogP) is 0.392. The number of nitrogens with two attached hydrogens (primary N) is 2. The highest BCUT2D eigenvalue weighted by Gasteiger charge is 2.21. The van der Waals surface area contributed by atoms with Crippen molar-refractivity contribution in [1.82, 2.24) is 5.32 Å². The lowest BCUT2D eigenvalue weighted by molar-refractivity contribution is -0.142. The number of carboxylic acid groups (broad SMARTS) is 2. The Morgan fingerprint density at radius 1 is 1.18 bits per heavy atom. The quantitative estimate of drug-likeness (QED) is 0.424. The van der Waals surface area contributed by atoms with Crippen LogP contribution in [0.2, 0.25) is 0 Å². The maximum Gasteiger partial charge on any atom is 0.322 e. The van der Waals surface area contributed by atoms with Gasteiger partial charge in [-0.05, 0) is 38.3 Å². The maximum atomic E-state index is 10.7. The van der Waals surface area contributed by atoms with E-state index in [1.54, 1.807) is 0 Å². The van der Waals surface area contributed by atoms with Gasteiger partial charge in [-0.25, -0.2) is 0 Å². The second kappa shape index (κ2) is 15.8. The summed E-state index contributed by atoms with van der Waals surface area (Å²) < 4.78 is 4.53. The van der Waals surface area contributed by atoms with Crippen molar-refractivity contribution < 1.29 is 29.3 Å². The summed E-state index contributed by atoms with van der Waals surface area (Å²) in [6.07, 6.45) is 2.39. The fraction of sp³-hybridized carbons (Fsp3) is 0.500. The van der Waals surface area contributed by atoms with Gasteiger partial charge in [0.05, 0.1) is 7.11 Å². The molecular formula is C18H30ClN3O6. The number of carbonyl (C=O) groups is 3. The number of esters is 1. The third kappa shape index (κ3) is 13.0. The van der Waals surface area contributed by atoms with Gasteiger partial charge >= 0.3 is 17.9 Å². The smallest absolute Gasteiger partial charge is 0.322 e. The minimum Gasteiger partial charge on any atom is -0.480 e. The largest absolute Gasteiger partial charge is 0.480 e. The Bertz CT molecular complexity index is 580. The summed E-state index contributed by atoms with van der Waals surface area (Å²) in [6, 6.07) is 7.78. The van der Waals surface area contributed by atoms with Crippen LogP contribution in [-0.4, -0.2) is 59.9 Å². The van der Waals surface area contributed by atoms with Gasteiger partial charge in [0.25, 0.3) is 0 Å². The monoisotopic (exact) mass is 419 g/mol. The van der Waals surface area contributed by atoms with Crippen molar-refractivity contribution in [3.05, 3.63) is 35.9 Å². The number of rotatable bonds is 5.